The number of rotatable bonds is 4. The van der Waals surface area contributed by atoms with Crippen molar-refractivity contribution in [2.75, 3.05) is 0 Å². The van der Waals surface area contributed by atoms with Crippen molar-refractivity contribution in [1.82, 2.24) is 0 Å². The Hall–Kier alpha value is -0.760. The Labute approximate surface area is 109 Å². The summed E-state index contributed by atoms with van der Waals surface area (Å²) >= 11 is 1.82. The van der Waals surface area contributed by atoms with E-state index in [9.17, 15) is 0 Å². The lowest BCUT2D eigenvalue weighted by Crippen LogP contribution is -2.27. The molecule has 0 fully saturated rings. The van der Waals surface area contributed by atoms with Crippen LogP contribution in [0.25, 0.3) is 0 Å². The maximum atomic E-state index is 5.01. The molecule has 0 aromatic heterocycles. The third kappa shape index (κ3) is 2.42. The molecule has 0 aliphatic carbocycles. The molecule has 1 aliphatic rings. The van der Waals surface area contributed by atoms with Gasteiger partial charge in [0.15, 0.2) is 0 Å². The average Bonchev–Trinajstić information content (AvgIpc) is 2.29. The fourth-order valence-corrected chi connectivity index (χ4v) is 3.87. The highest BCUT2D eigenvalue weighted by atomic mass is 32.2. The quantitative estimate of drug-likeness (QED) is 0.729. The van der Waals surface area contributed by atoms with E-state index in [1.54, 1.807) is 0 Å². The lowest BCUT2D eigenvalue weighted by molar-refractivity contribution is 0.366. The van der Waals surface area contributed by atoms with Crippen LogP contribution in [0.4, 0.5) is 0 Å². The number of aliphatic imine (C=N–C) groups is 1. The summed E-state index contributed by atoms with van der Waals surface area (Å²) in [4.78, 5) is 6.42. The zero-order chi connectivity index (χ0) is 12.3. The third-order valence-electron chi connectivity index (χ3n) is 3.34. The van der Waals surface area contributed by atoms with Crippen LogP contribution in [0.3, 0.4) is 0 Å². The molecule has 1 aliphatic heterocycles. The summed E-state index contributed by atoms with van der Waals surface area (Å²) in [5, 5.41) is 1.21. The number of fused-ring (bicyclic) bond motifs is 1. The molecule has 0 unspecified atom stereocenters. The van der Waals surface area contributed by atoms with Gasteiger partial charge in [0.1, 0.15) is 0 Å². The molecule has 0 amide bonds. The van der Waals surface area contributed by atoms with Gasteiger partial charge in [-0.05, 0) is 31.4 Å². The number of nitrogens with zero attached hydrogens (tertiary/aromatic N) is 1. The van der Waals surface area contributed by atoms with Crippen molar-refractivity contribution in [3.8, 4) is 0 Å². The van der Waals surface area contributed by atoms with Gasteiger partial charge in [0.05, 0.1) is 10.6 Å². The van der Waals surface area contributed by atoms with Crippen LogP contribution in [0.5, 0.6) is 0 Å². The molecular weight excluding hydrogens is 226 g/mol. The predicted molar refractivity (Wildman–Crippen MR) is 76.9 cm³/mol. The Morgan fingerprint density at radius 2 is 1.76 bits per heavy atom. The molecule has 1 heterocycles. The van der Waals surface area contributed by atoms with Crippen LogP contribution in [0.1, 0.15) is 52.0 Å². The molecule has 17 heavy (non-hydrogen) atoms. The van der Waals surface area contributed by atoms with E-state index >= 15 is 0 Å². The van der Waals surface area contributed by atoms with Crippen LogP contribution in [0, 0.1) is 0 Å². The van der Waals surface area contributed by atoms with Crippen molar-refractivity contribution in [1.29, 1.82) is 0 Å². The zero-order valence-electron chi connectivity index (χ0n) is 11.0. The second-order valence-electron chi connectivity index (χ2n) is 4.76. The molecule has 0 radical (unpaired) electrons. The highest BCUT2D eigenvalue weighted by Crippen LogP contribution is 2.45. The van der Waals surface area contributed by atoms with Gasteiger partial charge in [-0.3, -0.25) is 4.99 Å². The summed E-state index contributed by atoms with van der Waals surface area (Å²) in [6.07, 6.45) is 4.71. The summed E-state index contributed by atoms with van der Waals surface area (Å²) in [6.45, 7) is 6.65. The van der Waals surface area contributed by atoms with Gasteiger partial charge in [-0.2, -0.15) is 0 Å². The van der Waals surface area contributed by atoms with Gasteiger partial charge in [-0.15, -0.1) is 0 Å². The molecule has 92 valence electrons. The van der Waals surface area contributed by atoms with Crippen LogP contribution in [-0.2, 0) is 5.54 Å². The number of thioether (sulfide) groups is 1. The Bertz CT molecular complexity index is 417. The van der Waals surface area contributed by atoms with E-state index < -0.39 is 0 Å². The van der Waals surface area contributed by atoms with Crippen molar-refractivity contribution in [2.24, 2.45) is 4.99 Å². The summed E-state index contributed by atoms with van der Waals surface area (Å²) in [6, 6.07) is 8.78. The molecule has 2 rings (SSSR count). The topological polar surface area (TPSA) is 12.4 Å². The van der Waals surface area contributed by atoms with Crippen molar-refractivity contribution in [2.45, 2.75) is 56.9 Å². The molecule has 0 atom stereocenters. The Balaban J connectivity index is 2.50. The summed E-state index contributed by atoms with van der Waals surface area (Å²) in [5.74, 6) is 0. The normalized spacial score (nSPS) is 17.5. The van der Waals surface area contributed by atoms with Gasteiger partial charge in [-0.25, -0.2) is 0 Å². The van der Waals surface area contributed by atoms with Crippen LogP contribution >= 0.6 is 11.8 Å². The molecular formula is C15H21NS. The van der Waals surface area contributed by atoms with E-state index in [1.807, 2.05) is 11.8 Å². The minimum atomic E-state index is 0.0510. The van der Waals surface area contributed by atoms with E-state index in [0.717, 1.165) is 12.8 Å². The fourth-order valence-electron chi connectivity index (χ4n) is 2.82. The largest absolute Gasteiger partial charge is 0.271 e. The molecule has 1 nitrogen and oxygen atoms in total. The molecule has 1 aromatic carbocycles. The van der Waals surface area contributed by atoms with Crippen molar-refractivity contribution in [3.63, 3.8) is 0 Å². The van der Waals surface area contributed by atoms with Crippen LogP contribution in [0.15, 0.2) is 34.2 Å². The van der Waals surface area contributed by atoms with E-state index in [0.29, 0.717) is 0 Å². The van der Waals surface area contributed by atoms with Gasteiger partial charge in [0.2, 0.25) is 0 Å². The highest BCUT2D eigenvalue weighted by molar-refractivity contribution is 8.14. The first-order valence-corrected chi connectivity index (χ1v) is 7.37. The van der Waals surface area contributed by atoms with E-state index in [1.165, 1.54) is 28.3 Å². The summed E-state index contributed by atoms with van der Waals surface area (Å²) in [5.41, 5.74) is 1.49. The fraction of sp³-hybridized carbons (Fsp3) is 0.533. The van der Waals surface area contributed by atoms with Crippen molar-refractivity contribution >= 4 is 16.8 Å². The summed E-state index contributed by atoms with van der Waals surface area (Å²) < 4.78 is 0. The molecule has 2 heteroatoms. The number of hydrogen-bond donors (Lipinski definition) is 0. The molecule has 0 saturated carbocycles. The Morgan fingerprint density at radius 1 is 1.12 bits per heavy atom. The number of benzene rings is 1. The monoisotopic (exact) mass is 247 g/mol. The first-order valence-electron chi connectivity index (χ1n) is 6.55. The maximum Gasteiger partial charge on any atom is 0.0876 e. The van der Waals surface area contributed by atoms with Gasteiger partial charge in [0.25, 0.3) is 0 Å². The second kappa shape index (κ2) is 5.26. The van der Waals surface area contributed by atoms with Gasteiger partial charge >= 0.3 is 0 Å². The lowest BCUT2D eigenvalue weighted by Gasteiger charge is -2.35. The molecule has 0 N–H and O–H groups in total. The highest BCUT2D eigenvalue weighted by Gasteiger charge is 2.34. The molecule has 0 saturated heterocycles. The SMILES string of the molecule is CCCC1(CCC)N=C(C)Sc2ccccc21. The third-order valence-corrected chi connectivity index (χ3v) is 4.31. The van der Waals surface area contributed by atoms with Gasteiger partial charge in [0, 0.05) is 4.90 Å². The zero-order valence-corrected chi connectivity index (χ0v) is 11.8. The van der Waals surface area contributed by atoms with E-state index in [4.69, 9.17) is 4.99 Å². The molecule has 0 bridgehead atoms. The second-order valence-corrected chi connectivity index (χ2v) is 6.00. The smallest absolute Gasteiger partial charge is 0.0876 e. The lowest BCUT2D eigenvalue weighted by atomic mass is 9.82. The minimum absolute atomic E-state index is 0.0510. The molecule has 0 spiro atoms. The standard InChI is InChI=1S/C15H21NS/c1-4-10-15(11-5-2)13-8-6-7-9-14(13)17-12(3)16-15/h6-9H,4-5,10-11H2,1-3H3. The van der Waals surface area contributed by atoms with E-state index in [-0.39, 0.29) is 5.54 Å². The summed E-state index contributed by atoms with van der Waals surface area (Å²) in [7, 11) is 0. The van der Waals surface area contributed by atoms with Gasteiger partial charge < -0.3 is 0 Å². The van der Waals surface area contributed by atoms with Crippen molar-refractivity contribution in [3.05, 3.63) is 29.8 Å². The first kappa shape index (κ1) is 12.7. The van der Waals surface area contributed by atoms with Crippen LogP contribution in [-0.4, -0.2) is 5.04 Å². The number of hydrogen-bond acceptors (Lipinski definition) is 2. The maximum absolute atomic E-state index is 5.01. The van der Waals surface area contributed by atoms with E-state index in [2.05, 4.69) is 45.0 Å². The Kier molecular flexibility index (Phi) is 3.93. The van der Waals surface area contributed by atoms with Gasteiger partial charge in [-0.1, -0.05) is 56.7 Å². The van der Waals surface area contributed by atoms with Crippen LogP contribution < -0.4 is 0 Å². The molecule has 1 aromatic rings. The first-order chi connectivity index (χ1) is 8.22. The van der Waals surface area contributed by atoms with Crippen molar-refractivity contribution < 1.29 is 0 Å². The predicted octanol–water partition coefficient (Wildman–Crippen LogP) is 5.01. The Morgan fingerprint density at radius 3 is 2.41 bits per heavy atom. The van der Waals surface area contributed by atoms with Crippen LogP contribution in [0.2, 0.25) is 0 Å². The minimum Gasteiger partial charge on any atom is -0.271 e. The average molecular weight is 247 g/mol.